The Labute approximate surface area is 161 Å². The van der Waals surface area contributed by atoms with Crippen LogP contribution in [0.2, 0.25) is 0 Å². The molecule has 0 aromatic carbocycles. The van der Waals surface area contributed by atoms with E-state index < -0.39 is 28.8 Å². The summed E-state index contributed by atoms with van der Waals surface area (Å²) in [6.45, 7) is 4.91. The van der Waals surface area contributed by atoms with Gasteiger partial charge in [0.2, 0.25) is 5.91 Å². The summed E-state index contributed by atoms with van der Waals surface area (Å²) in [6.07, 6.45) is 0.0186. The predicted octanol–water partition coefficient (Wildman–Crippen LogP) is 1.62. The second-order valence-corrected chi connectivity index (χ2v) is 10.9. The van der Waals surface area contributed by atoms with Crippen molar-refractivity contribution in [2.45, 2.75) is 30.1 Å². The standard InChI is InChI=1S/C15H18ClNO5S3/c1-7(16)5-22-14(20)11-15(23-9-3-4-25(21)6-9)24-13-10(8(2)18)12(19)17(11)13/h8-10,13,18H,1,3-6H2,2H3/t8-,9+,10+,13-,25-/m1/s1. The molecule has 1 N–H and O–H groups in total. The first-order valence-corrected chi connectivity index (χ1v) is 11.4. The van der Waals surface area contributed by atoms with E-state index in [0.29, 0.717) is 15.7 Å². The Morgan fingerprint density at radius 3 is 2.92 bits per heavy atom. The third kappa shape index (κ3) is 3.80. The third-order valence-electron chi connectivity index (χ3n) is 4.13. The van der Waals surface area contributed by atoms with E-state index in [0.717, 1.165) is 6.42 Å². The lowest BCUT2D eigenvalue weighted by molar-refractivity contribution is -0.157. The van der Waals surface area contributed by atoms with E-state index in [-0.39, 0.29) is 33.9 Å². The molecule has 3 rings (SSSR count). The number of nitrogens with zero attached hydrogens (tertiary/aromatic N) is 1. The molecule has 3 heterocycles. The van der Waals surface area contributed by atoms with Gasteiger partial charge in [-0.2, -0.15) is 0 Å². The quantitative estimate of drug-likeness (QED) is 0.513. The second kappa shape index (κ2) is 7.64. The van der Waals surface area contributed by atoms with Crippen LogP contribution in [-0.4, -0.2) is 60.9 Å². The van der Waals surface area contributed by atoms with Crippen LogP contribution in [-0.2, 0) is 25.1 Å². The number of thioether (sulfide) groups is 2. The number of aliphatic hydroxyl groups excluding tert-OH is 1. The zero-order chi connectivity index (χ0) is 18.3. The van der Waals surface area contributed by atoms with Crippen molar-refractivity contribution in [3.8, 4) is 0 Å². The minimum atomic E-state index is -0.826. The summed E-state index contributed by atoms with van der Waals surface area (Å²) in [4.78, 5) is 26.3. The molecule has 3 aliphatic rings. The number of fused-ring (bicyclic) bond motifs is 1. The monoisotopic (exact) mass is 423 g/mol. The number of rotatable bonds is 6. The first-order chi connectivity index (χ1) is 11.8. The number of carbonyl (C=O) groups excluding carboxylic acids is 2. The van der Waals surface area contributed by atoms with Crippen LogP contribution in [0.4, 0.5) is 0 Å². The first kappa shape index (κ1) is 19.3. The van der Waals surface area contributed by atoms with E-state index in [1.54, 1.807) is 6.92 Å². The van der Waals surface area contributed by atoms with E-state index in [9.17, 15) is 18.9 Å². The molecule has 0 spiro atoms. The Bertz CT molecular complexity index is 680. The maximum Gasteiger partial charge on any atom is 0.357 e. The fraction of sp³-hybridized carbons (Fsp3) is 0.600. The van der Waals surface area contributed by atoms with E-state index in [4.69, 9.17) is 16.3 Å². The van der Waals surface area contributed by atoms with Gasteiger partial charge in [-0.15, -0.1) is 11.8 Å². The summed E-state index contributed by atoms with van der Waals surface area (Å²) in [5, 5.41) is 9.86. The summed E-state index contributed by atoms with van der Waals surface area (Å²) >= 11 is 8.51. The third-order valence-corrected chi connectivity index (χ3v) is 8.79. The van der Waals surface area contributed by atoms with E-state index >= 15 is 0 Å². The lowest BCUT2D eigenvalue weighted by Crippen LogP contribution is -2.60. The molecule has 138 valence electrons. The summed E-state index contributed by atoms with van der Waals surface area (Å²) in [6, 6.07) is 0. The lowest BCUT2D eigenvalue weighted by Gasteiger charge is -2.43. The Morgan fingerprint density at radius 1 is 1.64 bits per heavy atom. The van der Waals surface area contributed by atoms with Gasteiger partial charge in [0, 0.05) is 32.6 Å². The Hall–Kier alpha value is -0.480. The summed E-state index contributed by atoms with van der Waals surface area (Å²) in [5.74, 6) is -0.213. The fourth-order valence-corrected chi connectivity index (χ4v) is 8.22. The maximum atomic E-state index is 12.5. The Kier molecular flexibility index (Phi) is 5.89. The van der Waals surface area contributed by atoms with Crippen molar-refractivity contribution in [2.75, 3.05) is 18.1 Å². The van der Waals surface area contributed by atoms with Gasteiger partial charge in [-0.3, -0.25) is 13.9 Å². The van der Waals surface area contributed by atoms with Gasteiger partial charge >= 0.3 is 5.97 Å². The number of β-lactam (4-membered cyclic amide) rings is 1. The molecule has 0 bridgehead atoms. The van der Waals surface area contributed by atoms with Crippen LogP contribution in [0.3, 0.4) is 0 Å². The second-order valence-electron chi connectivity index (χ2n) is 6.05. The van der Waals surface area contributed by atoms with Crippen molar-refractivity contribution in [2.24, 2.45) is 5.92 Å². The van der Waals surface area contributed by atoms with Gasteiger partial charge in [-0.25, -0.2) is 4.79 Å². The van der Waals surface area contributed by atoms with Crippen LogP contribution in [0.1, 0.15) is 13.3 Å². The van der Waals surface area contributed by atoms with Crippen molar-refractivity contribution in [3.05, 3.63) is 21.5 Å². The smallest absolute Gasteiger partial charge is 0.357 e. The molecular weight excluding hydrogens is 406 g/mol. The zero-order valence-electron chi connectivity index (χ0n) is 13.5. The maximum absolute atomic E-state index is 12.5. The minimum Gasteiger partial charge on any atom is -0.455 e. The minimum absolute atomic E-state index is 0.132. The highest BCUT2D eigenvalue weighted by Gasteiger charge is 2.58. The number of hydrogen-bond donors (Lipinski definition) is 1. The number of amides is 1. The fourth-order valence-electron chi connectivity index (χ4n) is 2.92. The first-order valence-electron chi connectivity index (χ1n) is 7.73. The van der Waals surface area contributed by atoms with E-state index in [1.165, 1.54) is 28.4 Å². The number of ether oxygens (including phenoxy) is 1. The molecule has 2 fully saturated rings. The zero-order valence-corrected chi connectivity index (χ0v) is 16.7. The molecule has 5 atom stereocenters. The van der Waals surface area contributed by atoms with Crippen LogP contribution in [0.15, 0.2) is 21.5 Å². The highest BCUT2D eigenvalue weighted by Crippen LogP contribution is 2.55. The molecule has 0 saturated carbocycles. The molecule has 2 saturated heterocycles. The molecule has 0 aromatic rings. The Balaban J connectivity index is 1.81. The molecule has 25 heavy (non-hydrogen) atoms. The van der Waals surface area contributed by atoms with Gasteiger partial charge in [-0.1, -0.05) is 29.9 Å². The molecule has 1 amide bonds. The van der Waals surface area contributed by atoms with Crippen molar-refractivity contribution in [1.29, 1.82) is 0 Å². The number of aliphatic hydroxyl groups is 1. The van der Waals surface area contributed by atoms with Crippen LogP contribution in [0, 0.1) is 5.92 Å². The molecule has 3 aliphatic heterocycles. The molecule has 0 aliphatic carbocycles. The topological polar surface area (TPSA) is 83.9 Å². The normalized spacial score (nSPS) is 32.4. The Morgan fingerprint density at radius 2 is 2.36 bits per heavy atom. The highest BCUT2D eigenvalue weighted by molar-refractivity contribution is 8.23. The summed E-state index contributed by atoms with van der Waals surface area (Å²) in [7, 11) is -0.826. The largest absolute Gasteiger partial charge is 0.455 e. The molecule has 0 unspecified atom stereocenters. The van der Waals surface area contributed by atoms with Crippen LogP contribution >= 0.6 is 35.1 Å². The van der Waals surface area contributed by atoms with Crippen molar-refractivity contribution >= 4 is 57.8 Å². The van der Waals surface area contributed by atoms with Gasteiger partial charge in [0.15, 0.2) is 5.70 Å². The van der Waals surface area contributed by atoms with Gasteiger partial charge < -0.3 is 9.84 Å². The van der Waals surface area contributed by atoms with Crippen LogP contribution in [0.25, 0.3) is 0 Å². The van der Waals surface area contributed by atoms with Gasteiger partial charge in [0.25, 0.3) is 0 Å². The van der Waals surface area contributed by atoms with Gasteiger partial charge in [-0.05, 0) is 13.3 Å². The predicted molar refractivity (Wildman–Crippen MR) is 100 cm³/mol. The molecule has 6 nitrogen and oxygen atoms in total. The molecule has 10 heteroatoms. The number of esters is 1. The molecular formula is C15H18ClNO5S3. The number of hydrogen-bond acceptors (Lipinski definition) is 7. The summed E-state index contributed by atoms with van der Waals surface area (Å²) in [5.41, 5.74) is 0.206. The summed E-state index contributed by atoms with van der Waals surface area (Å²) < 4.78 is 17.4. The average Bonchev–Trinajstić information content (AvgIpc) is 3.06. The van der Waals surface area contributed by atoms with Gasteiger partial charge in [0.05, 0.1) is 16.3 Å². The molecule has 0 radical (unpaired) electrons. The van der Waals surface area contributed by atoms with Crippen LogP contribution < -0.4 is 0 Å². The SMILES string of the molecule is C=C(Cl)COC(=O)C1=C(S[C@H]2CC[S@@](=O)C2)S[C@@H]2[C@@H]([C@@H](C)O)C(=O)N12. The van der Waals surface area contributed by atoms with Crippen LogP contribution in [0.5, 0.6) is 0 Å². The van der Waals surface area contributed by atoms with E-state index in [2.05, 4.69) is 6.58 Å². The lowest BCUT2D eigenvalue weighted by atomic mass is 9.92. The molecule has 0 aromatic heterocycles. The van der Waals surface area contributed by atoms with Crippen molar-refractivity contribution in [3.63, 3.8) is 0 Å². The number of halogens is 1. The average molecular weight is 424 g/mol. The number of carbonyl (C=O) groups is 2. The van der Waals surface area contributed by atoms with Gasteiger partial charge in [0.1, 0.15) is 12.0 Å². The van der Waals surface area contributed by atoms with Crippen molar-refractivity contribution < 1.29 is 23.6 Å². The van der Waals surface area contributed by atoms with E-state index in [1.807, 2.05) is 0 Å². The van der Waals surface area contributed by atoms with Crippen molar-refractivity contribution in [1.82, 2.24) is 4.90 Å². The highest BCUT2D eigenvalue weighted by atomic mass is 35.5.